The second kappa shape index (κ2) is 5.09. The number of aliphatic imine (C=N–C) groups is 2. The number of hydrogen-bond donors (Lipinski definition) is 2. The van der Waals surface area contributed by atoms with Gasteiger partial charge >= 0.3 is 0 Å². The molecule has 0 spiro atoms. The maximum atomic E-state index is 7.03. The van der Waals surface area contributed by atoms with Crippen LogP contribution in [0.2, 0.25) is 0 Å². The summed E-state index contributed by atoms with van der Waals surface area (Å²) in [4.78, 5) is 8.14. The zero-order chi connectivity index (χ0) is 13.8. The lowest BCUT2D eigenvalue weighted by molar-refractivity contribution is 0.504. The zero-order valence-corrected chi connectivity index (χ0v) is 11.2. The van der Waals surface area contributed by atoms with Crippen molar-refractivity contribution in [2.24, 2.45) is 9.98 Å². The Hall–Kier alpha value is -2.02. The first-order valence-electron chi connectivity index (χ1n) is 5.72. The maximum absolute atomic E-state index is 7.03. The van der Waals surface area contributed by atoms with Crippen LogP contribution in [-0.2, 0) is 11.1 Å². The lowest BCUT2D eigenvalue weighted by Crippen LogP contribution is -2.23. The van der Waals surface area contributed by atoms with Crippen molar-refractivity contribution in [2.75, 3.05) is 0 Å². The van der Waals surface area contributed by atoms with Crippen LogP contribution in [0, 0.1) is 10.8 Å². The summed E-state index contributed by atoms with van der Waals surface area (Å²) in [6.07, 6.45) is 0. The summed E-state index contributed by atoms with van der Waals surface area (Å²) < 4.78 is 0. The van der Waals surface area contributed by atoms with Gasteiger partial charge in [0, 0.05) is 0 Å². The van der Waals surface area contributed by atoms with Gasteiger partial charge in [-0.05, 0) is 38.8 Å². The molecule has 0 saturated heterocycles. The zero-order valence-electron chi connectivity index (χ0n) is 11.2. The molecule has 0 aromatic heterocycles. The highest BCUT2D eigenvalue weighted by Crippen LogP contribution is 2.35. The SMILES string of the molecule is CC(C)(N=C=N)c1ccccc1C(C)(C)N=C=N. The van der Waals surface area contributed by atoms with Crippen molar-refractivity contribution in [3.8, 4) is 0 Å². The molecule has 4 nitrogen and oxygen atoms in total. The fourth-order valence-electron chi connectivity index (χ4n) is 1.95. The van der Waals surface area contributed by atoms with Crippen LogP contribution in [0.25, 0.3) is 0 Å². The van der Waals surface area contributed by atoms with E-state index in [0.29, 0.717) is 0 Å². The van der Waals surface area contributed by atoms with Gasteiger partial charge in [0.15, 0.2) is 0 Å². The van der Waals surface area contributed by atoms with Crippen molar-refractivity contribution in [1.82, 2.24) is 0 Å². The molecule has 2 N–H and O–H groups in total. The average Bonchev–Trinajstić information content (AvgIpc) is 2.29. The normalized spacial score (nSPS) is 11.3. The molecule has 1 aromatic rings. The summed E-state index contributed by atoms with van der Waals surface area (Å²) in [7, 11) is 0. The minimum absolute atomic E-state index is 0.535. The molecule has 0 radical (unpaired) electrons. The molecule has 18 heavy (non-hydrogen) atoms. The van der Waals surface area contributed by atoms with Gasteiger partial charge in [-0.1, -0.05) is 24.3 Å². The minimum atomic E-state index is -0.535. The first-order valence-corrected chi connectivity index (χ1v) is 5.72. The van der Waals surface area contributed by atoms with Gasteiger partial charge in [-0.25, -0.2) is 20.8 Å². The molecule has 0 saturated carbocycles. The van der Waals surface area contributed by atoms with E-state index in [1.54, 1.807) is 0 Å². The number of rotatable bonds is 4. The summed E-state index contributed by atoms with van der Waals surface area (Å²) >= 11 is 0. The third-order valence-corrected chi connectivity index (χ3v) is 2.92. The van der Waals surface area contributed by atoms with Crippen LogP contribution in [0.3, 0.4) is 0 Å². The first-order chi connectivity index (χ1) is 8.35. The summed E-state index contributed by atoms with van der Waals surface area (Å²) in [5, 5.41) is 14.1. The molecule has 1 aromatic carbocycles. The van der Waals surface area contributed by atoms with E-state index in [9.17, 15) is 0 Å². The monoisotopic (exact) mass is 242 g/mol. The van der Waals surface area contributed by atoms with Crippen molar-refractivity contribution in [1.29, 1.82) is 10.8 Å². The Balaban J connectivity index is 3.49. The summed E-state index contributed by atoms with van der Waals surface area (Å²) in [5.74, 6) is 0. The Morgan fingerprint density at radius 2 is 1.17 bits per heavy atom. The molecule has 1 rings (SSSR count). The molecule has 0 aliphatic carbocycles. The van der Waals surface area contributed by atoms with Gasteiger partial charge in [-0.2, -0.15) is 0 Å². The van der Waals surface area contributed by atoms with E-state index in [4.69, 9.17) is 10.8 Å². The van der Waals surface area contributed by atoms with Crippen LogP contribution in [0.5, 0.6) is 0 Å². The van der Waals surface area contributed by atoms with Crippen LogP contribution >= 0.6 is 0 Å². The molecule has 0 amide bonds. The van der Waals surface area contributed by atoms with Gasteiger partial charge in [0.1, 0.15) is 0 Å². The predicted octanol–water partition coefficient (Wildman–Crippen LogP) is 3.66. The van der Waals surface area contributed by atoms with E-state index in [-0.39, 0.29) is 0 Å². The smallest absolute Gasteiger partial charge is 0.0913 e. The van der Waals surface area contributed by atoms with Crippen LogP contribution in [0.4, 0.5) is 0 Å². The van der Waals surface area contributed by atoms with Crippen molar-refractivity contribution in [3.63, 3.8) is 0 Å². The van der Waals surface area contributed by atoms with Gasteiger partial charge in [0.2, 0.25) is 0 Å². The largest absolute Gasteiger partial charge is 0.242 e. The highest BCUT2D eigenvalue weighted by molar-refractivity contribution is 5.45. The highest BCUT2D eigenvalue weighted by atomic mass is 14.9. The van der Waals surface area contributed by atoms with Crippen molar-refractivity contribution in [2.45, 2.75) is 38.8 Å². The Kier molecular flexibility index (Phi) is 3.97. The van der Waals surface area contributed by atoms with Gasteiger partial charge < -0.3 is 0 Å². The van der Waals surface area contributed by atoms with Crippen LogP contribution in [0.1, 0.15) is 38.8 Å². The second-order valence-electron chi connectivity index (χ2n) is 5.11. The molecule has 0 aliphatic heterocycles. The highest BCUT2D eigenvalue weighted by Gasteiger charge is 2.29. The van der Waals surface area contributed by atoms with E-state index in [1.165, 1.54) is 0 Å². The van der Waals surface area contributed by atoms with E-state index in [2.05, 4.69) is 22.0 Å². The van der Waals surface area contributed by atoms with Gasteiger partial charge in [-0.3, -0.25) is 0 Å². The van der Waals surface area contributed by atoms with Crippen molar-refractivity contribution >= 4 is 12.0 Å². The summed E-state index contributed by atoms with van der Waals surface area (Å²) in [5.41, 5.74) is 0.892. The molecule has 0 aliphatic rings. The Bertz CT molecular complexity index is 481. The Morgan fingerprint density at radius 3 is 1.44 bits per heavy atom. The second-order valence-corrected chi connectivity index (χ2v) is 5.11. The van der Waals surface area contributed by atoms with Gasteiger partial charge in [0.05, 0.1) is 23.1 Å². The maximum Gasteiger partial charge on any atom is 0.0913 e. The number of nitrogens with zero attached hydrogens (tertiary/aromatic N) is 2. The third kappa shape index (κ3) is 2.80. The Labute approximate surface area is 108 Å². The molecular formula is C14H18N4. The molecule has 94 valence electrons. The molecule has 4 heteroatoms. The average molecular weight is 242 g/mol. The Morgan fingerprint density at radius 1 is 0.833 bits per heavy atom. The molecular weight excluding hydrogens is 224 g/mol. The standard InChI is InChI=1S/C14H18N4/c1-13(2,17-9-15)11-7-5-6-8-12(11)14(3,4)18-10-16/h5-8,15-16H,1-4H3. The van der Waals surface area contributed by atoms with E-state index >= 15 is 0 Å². The molecule has 0 bridgehead atoms. The van der Waals surface area contributed by atoms with Crippen LogP contribution in [0.15, 0.2) is 34.3 Å². The van der Waals surface area contributed by atoms with Gasteiger partial charge in [-0.15, -0.1) is 0 Å². The molecule has 0 atom stereocenters. The number of nitrogens with one attached hydrogen (secondary N) is 2. The third-order valence-electron chi connectivity index (χ3n) is 2.92. The molecule has 0 unspecified atom stereocenters. The predicted molar refractivity (Wildman–Crippen MR) is 72.8 cm³/mol. The van der Waals surface area contributed by atoms with Crippen LogP contribution < -0.4 is 0 Å². The lowest BCUT2D eigenvalue weighted by Gasteiger charge is -2.28. The van der Waals surface area contributed by atoms with Crippen molar-refractivity contribution < 1.29 is 0 Å². The fourth-order valence-corrected chi connectivity index (χ4v) is 1.95. The first kappa shape index (κ1) is 14.0. The molecule has 0 heterocycles. The van der Waals surface area contributed by atoms with Gasteiger partial charge in [0.25, 0.3) is 0 Å². The topological polar surface area (TPSA) is 72.4 Å². The van der Waals surface area contributed by atoms with Crippen LogP contribution in [-0.4, -0.2) is 12.0 Å². The van der Waals surface area contributed by atoms with E-state index in [1.807, 2.05) is 52.0 Å². The van der Waals surface area contributed by atoms with E-state index in [0.717, 1.165) is 11.1 Å². The molecule has 0 fully saturated rings. The number of hydrogen-bond acceptors (Lipinski definition) is 4. The fraction of sp³-hybridized carbons (Fsp3) is 0.429. The summed E-state index contributed by atoms with van der Waals surface area (Å²) in [6, 6.07) is 12.0. The minimum Gasteiger partial charge on any atom is -0.242 e. The lowest BCUT2D eigenvalue weighted by atomic mass is 9.82. The summed E-state index contributed by atoms with van der Waals surface area (Å²) in [6.45, 7) is 7.71. The van der Waals surface area contributed by atoms with E-state index < -0.39 is 11.1 Å². The number of benzene rings is 1. The van der Waals surface area contributed by atoms with Crippen molar-refractivity contribution in [3.05, 3.63) is 35.4 Å². The quantitative estimate of drug-likeness (QED) is 0.756.